The molecule has 0 radical (unpaired) electrons. The first-order valence-electron chi connectivity index (χ1n) is 7.97. The summed E-state index contributed by atoms with van der Waals surface area (Å²) in [4.78, 5) is 13.2. The molecule has 134 valence electrons. The Morgan fingerprint density at radius 3 is 2.78 bits per heavy atom. The number of azide groups is 1. The molecule has 0 bridgehead atoms. The van der Waals surface area contributed by atoms with Gasteiger partial charge >= 0.3 is 0 Å². The van der Waals surface area contributed by atoms with E-state index in [1.165, 1.54) is 12.1 Å². The van der Waals surface area contributed by atoms with Crippen LogP contribution in [0.3, 0.4) is 0 Å². The average molecular weight is 364 g/mol. The number of hydrogen-bond acceptors (Lipinski definition) is 7. The van der Waals surface area contributed by atoms with Crippen molar-refractivity contribution in [2.75, 3.05) is 13.3 Å². The van der Waals surface area contributed by atoms with Crippen molar-refractivity contribution in [1.29, 1.82) is 0 Å². The minimum Gasteiger partial charge on any atom is -0.458 e. The zero-order valence-corrected chi connectivity index (χ0v) is 13.9. The smallest absolute Gasteiger partial charge is 0.269 e. The maximum absolute atomic E-state index is 10.9. The summed E-state index contributed by atoms with van der Waals surface area (Å²) in [7, 11) is 0. The molecule has 0 unspecified atom stereocenters. The van der Waals surface area contributed by atoms with Gasteiger partial charge in [-0.15, -0.1) is 5.11 Å². The summed E-state index contributed by atoms with van der Waals surface area (Å²) >= 11 is 0. The number of fused-ring (bicyclic) bond motifs is 1. The van der Waals surface area contributed by atoms with E-state index in [9.17, 15) is 10.1 Å². The van der Waals surface area contributed by atoms with Crippen molar-refractivity contribution in [2.24, 2.45) is 15.3 Å². The fourth-order valence-corrected chi connectivity index (χ4v) is 2.95. The number of rotatable bonds is 4. The SMILES string of the molecule is [N-]=[N+]=NCC1=CC2=CC3=C(CC2=C(c2ccc([N+](=O)[O-])cc2)N=N1)OCO3. The number of non-ortho nitro benzene ring substituents is 1. The van der Waals surface area contributed by atoms with Crippen LogP contribution in [0.25, 0.3) is 16.1 Å². The summed E-state index contributed by atoms with van der Waals surface area (Å²) in [5, 5.41) is 22.9. The highest BCUT2D eigenvalue weighted by Gasteiger charge is 2.28. The van der Waals surface area contributed by atoms with Crippen LogP contribution in [0.1, 0.15) is 12.0 Å². The van der Waals surface area contributed by atoms with Gasteiger partial charge in [0.05, 0.1) is 22.9 Å². The Kier molecular flexibility index (Phi) is 4.15. The van der Waals surface area contributed by atoms with Gasteiger partial charge in [-0.05, 0) is 41.0 Å². The van der Waals surface area contributed by atoms with Crippen LogP contribution in [0.4, 0.5) is 5.69 Å². The van der Waals surface area contributed by atoms with E-state index >= 15 is 0 Å². The van der Waals surface area contributed by atoms with Crippen LogP contribution < -0.4 is 0 Å². The second kappa shape index (κ2) is 6.77. The Bertz CT molecular complexity index is 1030. The lowest BCUT2D eigenvalue weighted by atomic mass is 9.91. The van der Waals surface area contributed by atoms with Crippen molar-refractivity contribution in [3.63, 3.8) is 0 Å². The summed E-state index contributed by atoms with van der Waals surface area (Å²) in [5.41, 5.74) is 12.0. The molecule has 2 aliphatic heterocycles. The van der Waals surface area contributed by atoms with Gasteiger partial charge < -0.3 is 9.47 Å². The molecule has 10 nitrogen and oxygen atoms in total. The van der Waals surface area contributed by atoms with Crippen molar-refractivity contribution in [1.82, 2.24) is 0 Å². The average Bonchev–Trinajstić information content (AvgIpc) is 3.05. The number of hydrogen-bond donors (Lipinski definition) is 0. The zero-order chi connectivity index (χ0) is 18.8. The van der Waals surface area contributed by atoms with Gasteiger partial charge in [0.15, 0.2) is 5.76 Å². The molecule has 2 heterocycles. The number of nitro groups is 1. The van der Waals surface area contributed by atoms with Crippen LogP contribution in [0.2, 0.25) is 0 Å². The van der Waals surface area contributed by atoms with E-state index < -0.39 is 4.92 Å². The monoisotopic (exact) mass is 364 g/mol. The molecule has 0 aromatic heterocycles. The second-order valence-electron chi connectivity index (χ2n) is 5.83. The van der Waals surface area contributed by atoms with E-state index in [4.69, 9.17) is 15.0 Å². The number of nitro benzene ring substituents is 1. The van der Waals surface area contributed by atoms with Gasteiger partial charge in [-0.25, -0.2) is 0 Å². The molecule has 0 saturated heterocycles. The van der Waals surface area contributed by atoms with E-state index in [2.05, 4.69) is 20.3 Å². The molecular weight excluding hydrogens is 352 g/mol. The molecule has 0 atom stereocenters. The molecular formula is C17H12N6O4. The largest absolute Gasteiger partial charge is 0.458 e. The Hall–Kier alpha value is -3.91. The number of azo groups is 1. The van der Waals surface area contributed by atoms with E-state index in [1.54, 1.807) is 18.2 Å². The molecule has 0 saturated carbocycles. The first-order chi connectivity index (χ1) is 13.2. The minimum absolute atomic E-state index is 0.00554. The molecule has 1 aromatic rings. The van der Waals surface area contributed by atoms with Gasteiger partial charge in [0, 0.05) is 29.0 Å². The van der Waals surface area contributed by atoms with Crippen LogP contribution in [-0.4, -0.2) is 18.3 Å². The van der Waals surface area contributed by atoms with Crippen LogP contribution in [0, 0.1) is 10.1 Å². The molecule has 1 aliphatic carbocycles. The predicted molar refractivity (Wildman–Crippen MR) is 93.7 cm³/mol. The summed E-state index contributed by atoms with van der Waals surface area (Å²) in [6, 6.07) is 6.10. The van der Waals surface area contributed by atoms with Gasteiger partial charge in [-0.3, -0.25) is 10.1 Å². The minimum atomic E-state index is -0.456. The predicted octanol–water partition coefficient (Wildman–Crippen LogP) is 4.51. The van der Waals surface area contributed by atoms with Gasteiger partial charge in [-0.2, -0.15) is 5.11 Å². The molecule has 0 fully saturated rings. The zero-order valence-electron chi connectivity index (χ0n) is 13.9. The summed E-state index contributed by atoms with van der Waals surface area (Å²) in [6.07, 6.45) is 4.08. The van der Waals surface area contributed by atoms with Crippen molar-refractivity contribution in [3.8, 4) is 0 Å². The number of allylic oxidation sites excluding steroid dienone is 4. The topological polar surface area (TPSA) is 135 Å². The van der Waals surface area contributed by atoms with Gasteiger partial charge in [0.2, 0.25) is 6.79 Å². The Morgan fingerprint density at radius 2 is 2.04 bits per heavy atom. The lowest BCUT2D eigenvalue weighted by Gasteiger charge is -2.16. The van der Waals surface area contributed by atoms with E-state index in [0.717, 1.165) is 11.1 Å². The third kappa shape index (κ3) is 3.16. The normalized spacial score (nSPS) is 17.6. The first-order valence-corrected chi connectivity index (χ1v) is 7.97. The van der Waals surface area contributed by atoms with E-state index in [-0.39, 0.29) is 19.0 Å². The van der Waals surface area contributed by atoms with Crippen LogP contribution in [0.5, 0.6) is 0 Å². The highest BCUT2D eigenvalue weighted by atomic mass is 16.7. The Labute approximate surface area is 152 Å². The van der Waals surface area contributed by atoms with Crippen molar-refractivity contribution >= 4 is 11.4 Å². The maximum Gasteiger partial charge on any atom is 0.269 e. The van der Waals surface area contributed by atoms with E-state index in [1.807, 2.05) is 6.08 Å². The van der Waals surface area contributed by atoms with Gasteiger partial charge in [-0.1, -0.05) is 5.11 Å². The summed E-state index contributed by atoms with van der Waals surface area (Å²) in [5.74, 6) is 1.35. The quantitative estimate of drug-likeness (QED) is 0.255. The van der Waals surface area contributed by atoms with Gasteiger partial charge in [0.1, 0.15) is 5.76 Å². The molecule has 1 aromatic carbocycles. The fourth-order valence-electron chi connectivity index (χ4n) is 2.95. The maximum atomic E-state index is 10.9. The van der Waals surface area contributed by atoms with Gasteiger partial charge in [0.25, 0.3) is 5.69 Å². The molecule has 27 heavy (non-hydrogen) atoms. The molecule has 3 aliphatic rings. The molecule has 0 amide bonds. The van der Waals surface area contributed by atoms with Crippen molar-refractivity contribution in [3.05, 3.63) is 90.9 Å². The highest BCUT2D eigenvalue weighted by molar-refractivity contribution is 5.75. The fraction of sp³-hybridized carbons (Fsp3) is 0.176. The number of nitrogens with zero attached hydrogens (tertiary/aromatic N) is 6. The third-order valence-corrected chi connectivity index (χ3v) is 4.23. The summed E-state index contributed by atoms with van der Waals surface area (Å²) < 4.78 is 11.0. The van der Waals surface area contributed by atoms with Crippen molar-refractivity contribution in [2.45, 2.75) is 6.42 Å². The molecule has 10 heteroatoms. The van der Waals surface area contributed by atoms with E-state index in [0.29, 0.717) is 34.9 Å². The lowest BCUT2D eigenvalue weighted by Crippen LogP contribution is -2.02. The highest BCUT2D eigenvalue weighted by Crippen LogP contribution is 2.40. The molecule has 4 rings (SSSR count). The second-order valence-corrected chi connectivity index (χ2v) is 5.83. The first kappa shape index (κ1) is 16.6. The van der Waals surface area contributed by atoms with Crippen LogP contribution in [0.15, 0.2) is 80.1 Å². The number of benzene rings is 1. The Morgan fingerprint density at radius 1 is 1.22 bits per heavy atom. The molecule has 0 N–H and O–H groups in total. The molecule has 0 spiro atoms. The third-order valence-electron chi connectivity index (χ3n) is 4.23. The Balaban J connectivity index is 1.81. The lowest BCUT2D eigenvalue weighted by molar-refractivity contribution is -0.384. The van der Waals surface area contributed by atoms with Crippen LogP contribution in [-0.2, 0) is 9.47 Å². The standard InChI is InChI=1S/C17H12N6O4/c18-22-19-8-12-5-11-6-15-16(27-9-26-15)7-14(11)17(21-20-12)10-1-3-13(4-2-10)23(24)25/h1-6H,7-9H2. The van der Waals surface area contributed by atoms with Crippen molar-refractivity contribution < 1.29 is 14.4 Å². The van der Waals surface area contributed by atoms with Crippen LogP contribution >= 0.6 is 0 Å². The summed E-state index contributed by atoms with van der Waals surface area (Å²) in [6.45, 7) is 0.215. The number of ether oxygens (including phenoxy) is 2.